The van der Waals surface area contributed by atoms with E-state index in [2.05, 4.69) is 4.98 Å². The normalized spacial score (nSPS) is 19.9. The Morgan fingerprint density at radius 3 is 2.11 bits per heavy atom. The highest BCUT2D eigenvalue weighted by Crippen LogP contribution is 2.36. The minimum Gasteiger partial charge on any atom is -0.399 e. The summed E-state index contributed by atoms with van der Waals surface area (Å²) in [5.74, 6) is -0.546. The van der Waals surface area contributed by atoms with Crippen molar-refractivity contribution in [1.29, 1.82) is 0 Å². The molecule has 1 aliphatic rings. The number of amides is 1. The Balaban J connectivity index is 0.00000180. The molecule has 2 rings (SSSR count). The molecule has 2 N–H and O–H groups in total. The number of carbonyl (C=O) groups excluding carboxylic acids is 1. The molecule has 0 atom stereocenters. The van der Waals surface area contributed by atoms with Gasteiger partial charge in [-0.1, -0.05) is 6.07 Å². The molecule has 1 saturated heterocycles. The van der Waals surface area contributed by atoms with Crippen LogP contribution < -0.4 is 11.2 Å². The maximum atomic E-state index is 10.9. The van der Waals surface area contributed by atoms with Gasteiger partial charge in [0.15, 0.2) is 0 Å². The van der Waals surface area contributed by atoms with Crippen molar-refractivity contribution in [1.82, 2.24) is 4.98 Å². The third-order valence-electron chi connectivity index (χ3n) is 3.56. The molecule has 104 valence electrons. The number of hydrogen-bond donors (Lipinski definition) is 1. The highest BCUT2D eigenvalue weighted by atomic mass is 35.5. The molecule has 1 aromatic heterocycles. The first-order chi connectivity index (χ1) is 8.23. The predicted molar refractivity (Wildman–Crippen MR) is 75.7 cm³/mol. The quantitative estimate of drug-likeness (QED) is 0.819. The van der Waals surface area contributed by atoms with E-state index in [9.17, 15) is 4.79 Å². The monoisotopic (exact) mass is 284 g/mol. The molecule has 1 aromatic rings. The molecule has 1 fully saturated rings. The number of aromatic nitrogens is 1. The highest BCUT2D eigenvalue weighted by molar-refractivity contribution is 6.62. The fourth-order valence-electron chi connectivity index (χ4n) is 1.67. The summed E-state index contributed by atoms with van der Waals surface area (Å²) in [6.07, 6.45) is 1.56. The van der Waals surface area contributed by atoms with Gasteiger partial charge in [0.2, 0.25) is 0 Å². The van der Waals surface area contributed by atoms with Gasteiger partial charge in [0.05, 0.1) is 11.2 Å². The van der Waals surface area contributed by atoms with Crippen molar-refractivity contribution >= 4 is 30.9 Å². The summed E-state index contributed by atoms with van der Waals surface area (Å²) >= 11 is 0. The van der Waals surface area contributed by atoms with Crippen molar-refractivity contribution in [3.8, 4) is 0 Å². The summed E-state index contributed by atoms with van der Waals surface area (Å²) < 4.78 is 11.7. The Morgan fingerprint density at radius 2 is 1.74 bits per heavy atom. The third kappa shape index (κ3) is 2.91. The second kappa shape index (κ2) is 5.11. The lowest BCUT2D eigenvalue weighted by Gasteiger charge is -2.32. The van der Waals surface area contributed by atoms with Crippen LogP contribution in [-0.4, -0.2) is 29.2 Å². The minimum atomic E-state index is -0.546. The molecule has 0 aliphatic carbocycles. The molecule has 1 aliphatic heterocycles. The zero-order valence-electron chi connectivity index (χ0n) is 11.5. The van der Waals surface area contributed by atoms with E-state index in [-0.39, 0.29) is 29.3 Å². The lowest BCUT2D eigenvalue weighted by atomic mass is 9.80. The molecule has 19 heavy (non-hydrogen) atoms. The molecule has 1 amide bonds. The van der Waals surface area contributed by atoms with Gasteiger partial charge in [-0.3, -0.25) is 9.78 Å². The second-order valence-electron chi connectivity index (χ2n) is 5.43. The molecule has 0 saturated carbocycles. The fraction of sp³-hybridized carbons (Fsp3) is 0.500. The first-order valence-electron chi connectivity index (χ1n) is 5.84. The zero-order valence-corrected chi connectivity index (χ0v) is 12.3. The maximum Gasteiger partial charge on any atom is 0.496 e. The van der Waals surface area contributed by atoms with Crippen LogP contribution >= 0.6 is 12.4 Å². The summed E-state index contributed by atoms with van der Waals surface area (Å²) in [7, 11) is -0.468. The number of carbonyl (C=O) groups is 1. The summed E-state index contributed by atoms with van der Waals surface area (Å²) in [5.41, 5.74) is 5.37. The van der Waals surface area contributed by atoms with Crippen molar-refractivity contribution in [3.63, 3.8) is 0 Å². The summed E-state index contributed by atoms with van der Waals surface area (Å²) in [5, 5.41) is 0. The van der Waals surface area contributed by atoms with Crippen LogP contribution in [0.5, 0.6) is 0 Å². The molecule has 7 heteroatoms. The Labute approximate surface area is 119 Å². The lowest BCUT2D eigenvalue weighted by Crippen LogP contribution is -2.41. The molecule has 0 unspecified atom stereocenters. The molecule has 2 heterocycles. The van der Waals surface area contributed by atoms with Crippen molar-refractivity contribution in [2.24, 2.45) is 5.73 Å². The van der Waals surface area contributed by atoms with Crippen molar-refractivity contribution in [2.45, 2.75) is 38.9 Å². The van der Waals surface area contributed by atoms with Crippen molar-refractivity contribution in [2.75, 3.05) is 0 Å². The van der Waals surface area contributed by atoms with E-state index in [0.717, 1.165) is 5.46 Å². The molecule has 0 spiro atoms. The van der Waals surface area contributed by atoms with E-state index in [0.29, 0.717) is 0 Å². The van der Waals surface area contributed by atoms with E-state index in [4.69, 9.17) is 15.0 Å². The largest absolute Gasteiger partial charge is 0.496 e. The Hall–Kier alpha value is -1.11. The third-order valence-corrected chi connectivity index (χ3v) is 3.56. The van der Waals surface area contributed by atoms with Gasteiger partial charge in [-0.25, -0.2) is 0 Å². The number of nitrogens with zero attached hydrogens (tertiary/aromatic N) is 1. The van der Waals surface area contributed by atoms with Gasteiger partial charge in [0.25, 0.3) is 5.91 Å². The van der Waals surface area contributed by atoms with Gasteiger partial charge in [0.1, 0.15) is 5.69 Å². The van der Waals surface area contributed by atoms with Crippen LogP contribution in [0.15, 0.2) is 18.3 Å². The van der Waals surface area contributed by atoms with E-state index in [1.807, 2.05) is 27.7 Å². The van der Waals surface area contributed by atoms with Crippen LogP contribution in [0.1, 0.15) is 38.2 Å². The standard InChI is InChI=1S/C12H17BN2O3.ClH/c1-11(2)12(3,4)18-13(17-11)8-5-6-9(10(14)16)15-7-8;/h5-7H,1-4H3,(H2,14,16);1H. The van der Waals surface area contributed by atoms with Gasteiger partial charge in [-0.05, 0) is 33.8 Å². The first kappa shape index (κ1) is 16.0. The minimum absolute atomic E-state index is 0. The van der Waals surface area contributed by atoms with Crippen LogP contribution in [0.3, 0.4) is 0 Å². The number of hydrogen-bond acceptors (Lipinski definition) is 4. The van der Waals surface area contributed by atoms with Crippen LogP contribution in [0, 0.1) is 0 Å². The van der Waals surface area contributed by atoms with Crippen molar-refractivity contribution < 1.29 is 14.1 Å². The summed E-state index contributed by atoms with van der Waals surface area (Å²) in [4.78, 5) is 14.9. The number of pyridine rings is 1. The number of halogens is 1. The first-order valence-corrected chi connectivity index (χ1v) is 5.84. The predicted octanol–water partition coefficient (Wildman–Crippen LogP) is 0.901. The van der Waals surface area contributed by atoms with E-state index >= 15 is 0 Å². The van der Waals surface area contributed by atoms with Crippen LogP contribution in [0.2, 0.25) is 0 Å². The van der Waals surface area contributed by atoms with Gasteiger partial charge >= 0.3 is 7.12 Å². The maximum absolute atomic E-state index is 10.9. The summed E-state index contributed by atoms with van der Waals surface area (Å²) in [6, 6.07) is 3.32. The smallest absolute Gasteiger partial charge is 0.399 e. The van der Waals surface area contributed by atoms with Gasteiger partial charge < -0.3 is 15.0 Å². The second-order valence-corrected chi connectivity index (χ2v) is 5.43. The van der Waals surface area contributed by atoms with Crippen LogP contribution in [0.25, 0.3) is 0 Å². The highest BCUT2D eigenvalue weighted by Gasteiger charge is 2.51. The summed E-state index contributed by atoms with van der Waals surface area (Å²) in [6.45, 7) is 7.94. The van der Waals surface area contributed by atoms with E-state index in [1.165, 1.54) is 0 Å². The SMILES string of the molecule is CC1(C)OB(c2ccc(C(N)=O)nc2)OC1(C)C.Cl. The Morgan fingerprint density at radius 1 is 1.21 bits per heavy atom. The fourth-order valence-corrected chi connectivity index (χ4v) is 1.67. The Kier molecular flexibility index (Phi) is 4.29. The lowest BCUT2D eigenvalue weighted by molar-refractivity contribution is 0.00578. The topological polar surface area (TPSA) is 74.4 Å². The van der Waals surface area contributed by atoms with Crippen LogP contribution in [0.4, 0.5) is 0 Å². The molecular weight excluding hydrogens is 266 g/mol. The molecule has 0 radical (unpaired) electrons. The molecule has 0 aromatic carbocycles. The molecule has 0 bridgehead atoms. The van der Waals surface area contributed by atoms with E-state index < -0.39 is 13.0 Å². The van der Waals surface area contributed by atoms with E-state index in [1.54, 1.807) is 18.3 Å². The Bertz CT molecular complexity index is 460. The van der Waals surface area contributed by atoms with Gasteiger partial charge in [0, 0.05) is 11.7 Å². The number of rotatable bonds is 2. The average molecular weight is 285 g/mol. The zero-order chi connectivity index (χ0) is 13.6. The van der Waals surface area contributed by atoms with Gasteiger partial charge in [-0.15, -0.1) is 12.4 Å². The van der Waals surface area contributed by atoms with Crippen molar-refractivity contribution in [3.05, 3.63) is 24.0 Å². The number of primary amides is 1. The average Bonchev–Trinajstić information content (AvgIpc) is 2.48. The molecule has 5 nitrogen and oxygen atoms in total. The van der Waals surface area contributed by atoms with Crippen LogP contribution in [-0.2, 0) is 9.31 Å². The van der Waals surface area contributed by atoms with Gasteiger partial charge in [-0.2, -0.15) is 0 Å². The number of nitrogens with two attached hydrogens (primary N) is 1. The molecular formula is C12H18BClN2O3.